The third kappa shape index (κ3) is 3.86. The van der Waals surface area contributed by atoms with E-state index in [1.54, 1.807) is 11.3 Å². The predicted molar refractivity (Wildman–Crippen MR) is 81.9 cm³/mol. The number of carbonyl (C=O) groups is 1. The Bertz CT molecular complexity index is 397. The summed E-state index contributed by atoms with van der Waals surface area (Å²) in [5, 5.41) is 0.711. The highest BCUT2D eigenvalue weighted by atomic mass is 32.2. The Hall–Kier alpha value is -0.280. The lowest BCUT2D eigenvalue weighted by Gasteiger charge is -2.25. The number of thioether (sulfide) groups is 1. The summed E-state index contributed by atoms with van der Waals surface area (Å²) in [6, 6.07) is 4.08. The van der Waals surface area contributed by atoms with Crippen LogP contribution in [0.25, 0.3) is 0 Å². The number of carbonyl (C=O) groups excluding carboxylic acids is 1. The van der Waals surface area contributed by atoms with Crippen molar-refractivity contribution in [2.24, 2.45) is 5.92 Å². The number of thiophene rings is 1. The molecule has 18 heavy (non-hydrogen) atoms. The van der Waals surface area contributed by atoms with E-state index in [9.17, 15) is 4.79 Å². The standard InChI is InChI=1S/C15H22OS2/c1-3-12-7-8-15(18-12)14(16)10-17-13-6-4-5-11(2)9-13/h7-8,11,13H,3-6,9-10H2,1-2H3. The SMILES string of the molecule is CCc1ccc(C(=O)CSC2CCCC(C)C2)s1. The molecule has 1 aromatic heterocycles. The van der Waals surface area contributed by atoms with Gasteiger partial charge in [0, 0.05) is 10.1 Å². The molecule has 0 amide bonds. The maximum absolute atomic E-state index is 12.1. The second-order valence-electron chi connectivity index (χ2n) is 5.25. The molecule has 1 nitrogen and oxygen atoms in total. The van der Waals surface area contributed by atoms with E-state index in [2.05, 4.69) is 19.9 Å². The number of hydrogen-bond acceptors (Lipinski definition) is 3. The van der Waals surface area contributed by atoms with Gasteiger partial charge in [0.05, 0.1) is 10.6 Å². The Morgan fingerprint density at radius 2 is 2.28 bits per heavy atom. The van der Waals surface area contributed by atoms with Crippen molar-refractivity contribution in [2.45, 2.75) is 51.2 Å². The summed E-state index contributed by atoms with van der Waals surface area (Å²) in [5.41, 5.74) is 0. The molecule has 100 valence electrons. The van der Waals surface area contributed by atoms with Crippen molar-refractivity contribution in [3.05, 3.63) is 21.9 Å². The molecule has 1 saturated carbocycles. The molecule has 0 aromatic carbocycles. The fourth-order valence-corrected chi connectivity index (χ4v) is 4.83. The molecule has 1 aliphatic rings. The van der Waals surface area contributed by atoms with Gasteiger partial charge in [0.1, 0.15) is 0 Å². The van der Waals surface area contributed by atoms with E-state index in [0.717, 1.165) is 17.2 Å². The van der Waals surface area contributed by atoms with Crippen molar-refractivity contribution in [1.82, 2.24) is 0 Å². The molecule has 0 aliphatic heterocycles. The van der Waals surface area contributed by atoms with Crippen LogP contribution in [0, 0.1) is 5.92 Å². The molecule has 0 spiro atoms. The minimum absolute atomic E-state index is 0.322. The van der Waals surface area contributed by atoms with Gasteiger partial charge in [0.15, 0.2) is 5.78 Å². The average Bonchev–Trinajstić information content (AvgIpc) is 2.85. The first-order valence-electron chi connectivity index (χ1n) is 6.92. The first kappa shape index (κ1) is 14.1. The third-order valence-electron chi connectivity index (χ3n) is 3.62. The quantitative estimate of drug-likeness (QED) is 0.721. The molecule has 1 aromatic rings. The summed E-state index contributed by atoms with van der Waals surface area (Å²) in [6.45, 7) is 4.47. The van der Waals surface area contributed by atoms with E-state index in [1.165, 1.54) is 30.6 Å². The second-order valence-corrected chi connectivity index (χ2v) is 7.70. The lowest BCUT2D eigenvalue weighted by molar-refractivity contribution is 0.102. The maximum Gasteiger partial charge on any atom is 0.182 e. The number of Topliss-reactive ketones (excluding diaryl/α,β-unsaturated/α-hetero) is 1. The van der Waals surface area contributed by atoms with Crippen LogP contribution in [0.2, 0.25) is 0 Å². The van der Waals surface area contributed by atoms with Crippen molar-refractivity contribution in [1.29, 1.82) is 0 Å². The summed E-state index contributed by atoms with van der Waals surface area (Å²) in [6.07, 6.45) is 6.34. The van der Waals surface area contributed by atoms with Crippen LogP contribution in [0.3, 0.4) is 0 Å². The van der Waals surface area contributed by atoms with Crippen molar-refractivity contribution < 1.29 is 4.79 Å². The zero-order valence-electron chi connectivity index (χ0n) is 11.3. The lowest BCUT2D eigenvalue weighted by atomic mass is 9.91. The van der Waals surface area contributed by atoms with Crippen molar-refractivity contribution >= 4 is 28.9 Å². The van der Waals surface area contributed by atoms with Crippen molar-refractivity contribution in [2.75, 3.05) is 5.75 Å². The van der Waals surface area contributed by atoms with Gasteiger partial charge in [-0.05, 0) is 37.3 Å². The Balaban J connectivity index is 1.80. The van der Waals surface area contributed by atoms with Gasteiger partial charge in [-0.15, -0.1) is 11.3 Å². The van der Waals surface area contributed by atoms with Crippen LogP contribution in [-0.2, 0) is 6.42 Å². The third-order valence-corrected chi connectivity index (χ3v) is 6.22. The second kappa shape index (κ2) is 6.76. The van der Waals surface area contributed by atoms with Gasteiger partial charge >= 0.3 is 0 Å². The van der Waals surface area contributed by atoms with Gasteiger partial charge in [0.25, 0.3) is 0 Å². The van der Waals surface area contributed by atoms with E-state index >= 15 is 0 Å². The summed E-state index contributed by atoms with van der Waals surface area (Å²) in [5.74, 6) is 1.84. The fraction of sp³-hybridized carbons (Fsp3) is 0.667. The Morgan fingerprint density at radius 1 is 1.44 bits per heavy atom. The van der Waals surface area contributed by atoms with Crippen LogP contribution in [0.5, 0.6) is 0 Å². The van der Waals surface area contributed by atoms with Crippen LogP contribution >= 0.6 is 23.1 Å². The van der Waals surface area contributed by atoms with E-state index in [-0.39, 0.29) is 0 Å². The van der Waals surface area contributed by atoms with Crippen LogP contribution in [-0.4, -0.2) is 16.8 Å². The molecule has 1 fully saturated rings. The van der Waals surface area contributed by atoms with Crippen LogP contribution in [0.4, 0.5) is 0 Å². The van der Waals surface area contributed by atoms with Crippen LogP contribution in [0.1, 0.15) is 54.1 Å². The molecule has 0 bridgehead atoms. The molecule has 1 heterocycles. The molecule has 2 rings (SSSR count). The minimum Gasteiger partial charge on any atom is -0.292 e. The molecule has 1 aliphatic carbocycles. The molecular weight excluding hydrogens is 260 g/mol. The van der Waals surface area contributed by atoms with Crippen molar-refractivity contribution in [3.63, 3.8) is 0 Å². The zero-order valence-corrected chi connectivity index (χ0v) is 12.9. The van der Waals surface area contributed by atoms with Gasteiger partial charge in [-0.3, -0.25) is 4.79 Å². The van der Waals surface area contributed by atoms with Gasteiger partial charge in [-0.2, -0.15) is 11.8 Å². The van der Waals surface area contributed by atoms with Crippen LogP contribution < -0.4 is 0 Å². The van der Waals surface area contributed by atoms with Crippen molar-refractivity contribution in [3.8, 4) is 0 Å². The average molecular weight is 282 g/mol. The van der Waals surface area contributed by atoms with Gasteiger partial charge in [-0.25, -0.2) is 0 Å². The van der Waals surface area contributed by atoms with Crippen LogP contribution in [0.15, 0.2) is 12.1 Å². The van der Waals surface area contributed by atoms with Gasteiger partial charge in [-0.1, -0.05) is 26.7 Å². The highest BCUT2D eigenvalue weighted by molar-refractivity contribution is 8.00. The lowest BCUT2D eigenvalue weighted by Crippen LogP contribution is -2.17. The topological polar surface area (TPSA) is 17.1 Å². The van der Waals surface area contributed by atoms with E-state index in [0.29, 0.717) is 16.8 Å². The molecule has 3 heteroatoms. The number of hydrogen-bond donors (Lipinski definition) is 0. The zero-order chi connectivity index (χ0) is 13.0. The number of ketones is 1. The molecule has 0 saturated heterocycles. The number of rotatable bonds is 5. The highest BCUT2D eigenvalue weighted by Gasteiger charge is 2.20. The molecule has 2 atom stereocenters. The molecule has 2 unspecified atom stereocenters. The summed E-state index contributed by atoms with van der Waals surface area (Å²) >= 11 is 3.54. The molecular formula is C15H22OS2. The smallest absolute Gasteiger partial charge is 0.182 e. The Morgan fingerprint density at radius 3 is 2.94 bits per heavy atom. The predicted octanol–water partition coefficient (Wildman–Crippen LogP) is 4.81. The Kier molecular flexibility index (Phi) is 5.31. The summed E-state index contributed by atoms with van der Waals surface area (Å²) in [4.78, 5) is 14.3. The monoisotopic (exact) mass is 282 g/mol. The summed E-state index contributed by atoms with van der Waals surface area (Å²) in [7, 11) is 0. The van der Waals surface area contributed by atoms with Gasteiger partial charge < -0.3 is 0 Å². The van der Waals surface area contributed by atoms with E-state index in [4.69, 9.17) is 0 Å². The van der Waals surface area contributed by atoms with E-state index < -0.39 is 0 Å². The molecule has 0 radical (unpaired) electrons. The largest absolute Gasteiger partial charge is 0.292 e. The minimum atomic E-state index is 0.322. The van der Waals surface area contributed by atoms with Gasteiger partial charge in [0.2, 0.25) is 0 Å². The summed E-state index contributed by atoms with van der Waals surface area (Å²) < 4.78 is 0. The van der Waals surface area contributed by atoms with E-state index in [1.807, 2.05) is 17.8 Å². The fourth-order valence-electron chi connectivity index (χ4n) is 2.51. The Labute approximate surface area is 118 Å². The number of aryl methyl sites for hydroxylation is 1. The molecule has 0 N–H and O–H groups in total. The first-order chi connectivity index (χ1) is 8.69. The normalized spacial score (nSPS) is 24.1. The first-order valence-corrected chi connectivity index (χ1v) is 8.79. The maximum atomic E-state index is 12.1. The highest BCUT2D eigenvalue weighted by Crippen LogP contribution is 2.32.